The van der Waals surface area contributed by atoms with Crippen molar-refractivity contribution in [2.24, 2.45) is 5.41 Å². The molecule has 2 heterocycles. The molecule has 3 rings (SSSR count). The second-order valence-electron chi connectivity index (χ2n) is 6.29. The van der Waals surface area contributed by atoms with Crippen LogP contribution in [0.4, 0.5) is 0 Å². The Morgan fingerprint density at radius 3 is 1.87 bits per heavy atom. The summed E-state index contributed by atoms with van der Waals surface area (Å²) in [5, 5.41) is 0. The first-order chi connectivity index (χ1) is 6.86. The summed E-state index contributed by atoms with van der Waals surface area (Å²) < 4.78 is 17.4. The van der Waals surface area contributed by atoms with Crippen molar-refractivity contribution in [3.8, 4) is 0 Å². The highest BCUT2D eigenvalue weighted by Gasteiger charge is 2.69. The Balaban J connectivity index is 1.72. The van der Waals surface area contributed by atoms with Crippen molar-refractivity contribution >= 4 is 7.12 Å². The van der Waals surface area contributed by atoms with Crippen LogP contribution in [-0.2, 0) is 14.0 Å². The molecule has 1 spiro atoms. The zero-order chi connectivity index (χ0) is 10.9. The van der Waals surface area contributed by atoms with Gasteiger partial charge >= 0.3 is 7.12 Å². The molecule has 2 aliphatic heterocycles. The third kappa shape index (κ3) is 1.25. The first-order valence-electron chi connectivity index (χ1n) is 5.80. The molecule has 1 aliphatic carbocycles. The topological polar surface area (TPSA) is 27.7 Å². The minimum Gasteiger partial charge on any atom is -0.403 e. The molecule has 0 amide bonds. The third-order valence-electron chi connectivity index (χ3n) is 4.63. The lowest BCUT2D eigenvalue weighted by molar-refractivity contribution is -0.0509. The van der Waals surface area contributed by atoms with E-state index in [4.69, 9.17) is 14.0 Å². The van der Waals surface area contributed by atoms with Gasteiger partial charge in [-0.1, -0.05) is 0 Å². The monoisotopic (exact) mass is 210 g/mol. The normalized spacial score (nSPS) is 39.2. The fourth-order valence-corrected chi connectivity index (χ4v) is 2.51. The van der Waals surface area contributed by atoms with E-state index < -0.39 is 0 Å². The summed E-state index contributed by atoms with van der Waals surface area (Å²) in [6.45, 7) is 10.3. The van der Waals surface area contributed by atoms with Crippen LogP contribution in [0.2, 0.25) is 5.82 Å². The molecule has 1 unspecified atom stereocenters. The van der Waals surface area contributed by atoms with E-state index in [2.05, 4.69) is 27.7 Å². The molecule has 84 valence electrons. The minimum absolute atomic E-state index is 0.0149. The molecule has 0 bridgehead atoms. The maximum Gasteiger partial charge on any atom is 0.461 e. The number of rotatable bonds is 1. The van der Waals surface area contributed by atoms with Crippen molar-refractivity contribution < 1.29 is 14.0 Å². The minimum atomic E-state index is -0.188. The standard InChI is InChI=1S/C11H19BO3/c1-9(2)10(3,4)15-12(14-9)8-5-11(8)6-13-7-11/h8H,5-7H2,1-4H3. The zero-order valence-electron chi connectivity index (χ0n) is 10.0. The SMILES string of the molecule is CC1(C)OB(C2CC23COC3)OC1(C)C. The lowest BCUT2D eigenvalue weighted by Gasteiger charge is -2.32. The summed E-state index contributed by atoms with van der Waals surface area (Å²) in [6.07, 6.45) is 1.21. The highest BCUT2D eigenvalue weighted by Crippen LogP contribution is 2.65. The predicted molar refractivity (Wildman–Crippen MR) is 57.7 cm³/mol. The second kappa shape index (κ2) is 2.61. The van der Waals surface area contributed by atoms with Gasteiger partial charge in [0.15, 0.2) is 0 Å². The summed E-state index contributed by atoms with van der Waals surface area (Å²) in [6, 6.07) is 0. The van der Waals surface area contributed by atoms with Gasteiger partial charge in [0.25, 0.3) is 0 Å². The van der Waals surface area contributed by atoms with Crippen LogP contribution in [0.1, 0.15) is 34.1 Å². The summed E-state index contributed by atoms with van der Waals surface area (Å²) in [5.41, 5.74) is 0.0409. The lowest BCUT2D eigenvalue weighted by atomic mass is 9.76. The van der Waals surface area contributed by atoms with E-state index in [1.807, 2.05) is 0 Å². The Kier molecular flexibility index (Phi) is 1.76. The molecule has 3 fully saturated rings. The van der Waals surface area contributed by atoms with Crippen LogP contribution in [-0.4, -0.2) is 31.5 Å². The van der Waals surface area contributed by atoms with Crippen LogP contribution >= 0.6 is 0 Å². The van der Waals surface area contributed by atoms with Crippen molar-refractivity contribution in [1.29, 1.82) is 0 Å². The van der Waals surface area contributed by atoms with Crippen molar-refractivity contribution in [2.75, 3.05) is 13.2 Å². The summed E-state index contributed by atoms with van der Waals surface area (Å²) in [5.74, 6) is 0.562. The van der Waals surface area contributed by atoms with Gasteiger partial charge in [-0.2, -0.15) is 0 Å². The molecule has 3 aliphatic rings. The van der Waals surface area contributed by atoms with Gasteiger partial charge in [-0.15, -0.1) is 0 Å². The summed E-state index contributed by atoms with van der Waals surface area (Å²) in [7, 11) is -0.0149. The smallest absolute Gasteiger partial charge is 0.403 e. The van der Waals surface area contributed by atoms with Crippen LogP contribution < -0.4 is 0 Å². The average molecular weight is 210 g/mol. The van der Waals surface area contributed by atoms with Crippen LogP contribution in [0, 0.1) is 5.41 Å². The Labute approximate surface area is 91.6 Å². The second-order valence-corrected chi connectivity index (χ2v) is 6.29. The van der Waals surface area contributed by atoms with E-state index in [9.17, 15) is 0 Å². The fraction of sp³-hybridized carbons (Fsp3) is 1.00. The molecule has 0 N–H and O–H groups in total. The zero-order valence-corrected chi connectivity index (χ0v) is 10.0. The number of hydrogen-bond donors (Lipinski definition) is 0. The van der Waals surface area contributed by atoms with E-state index in [0.29, 0.717) is 11.2 Å². The molecule has 15 heavy (non-hydrogen) atoms. The van der Waals surface area contributed by atoms with E-state index >= 15 is 0 Å². The van der Waals surface area contributed by atoms with Gasteiger partial charge in [0.05, 0.1) is 24.4 Å². The Bertz CT molecular complexity index is 280. The summed E-state index contributed by atoms with van der Waals surface area (Å²) >= 11 is 0. The first kappa shape index (κ1) is 10.1. The van der Waals surface area contributed by atoms with Gasteiger partial charge < -0.3 is 14.0 Å². The Hall–Kier alpha value is -0.0551. The number of hydrogen-bond acceptors (Lipinski definition) is 3. The highest BCUT2D eigenvalue weighted by molar-refractivity contribution is 6.49. The van der Waals surface area contributed by atoms with Crippen LogP contribution in [0.15, 0.2) is 0 Å². The largest absolute Gasteiger partial charge is 0.461 e. The van der Waals surface area contributed by atoms with E-state index in [1.54, 1.807) is 0 Å². The van der Waals surface area contributed by atoms with Gasteiger partial charge in [-0.3, -0.25) is 0 Å². The lowest BCUT2D eigenvalue weighted by Crippen LogP contribution is -2.41. The van der Waals surface area contributed by atoms with Gasteiger partial charge in [0.1, 0.15) is 0 Å². The van der Waals surface area contributed by atoms with Crippen LogP contribution in [0.5, 0.6) is 0 Å². The van der Waals surface area contributed by atoms with E-state index in [0.717, 1.165) is 13.2 Å². The van der Waals surface area contributed by atoms with Gasteiger partial charge in [0.2, 0.25) is 0 Å². The van der Waals surface area contributed by atoms with Crippen molar-refractivity contribution in [2.45, 2.75) is 51.1 Å². The molecule has 2 saturated heterocycles. The highest BCUT2D eigenvalue weighted by atomic mass is 16.7. The predicted octanol–water partition coefficient (Wildman–Crippen LogP) is 1.87. The first-order valence-corrected chi connectivity index (χ1v) is 5.80. The molecule has 0 aromatic rings. The van der Waals surface area contributed by atoms with Crippen LogP contribution in [0.3, 0.4) is 0 Å². The quantitative estimate of drug-likeness (QED) is 0.618. The molecule has 0 aromatic carbocycles. The number of ether oxygens (including phenoxy) is 1. The molecule has 1 atom stereocenters. The molecule has 3 nitrogen and oxygen atoms in total. The fourth-order valence-electron chi connectivity index (χ4n) is 2.51. The van der Waals surface area contributed by atoms with Gasteiger partial charge in [-0.25, -0.2) is 0 Å². The summed E-state index contributed by atoms with van der Waals surface area (Å²) in [4.78, 5) is 0. The Morgan fingerprint density at radius 2 is 1.53 bits per heavy atom. The Morgan fingerprint density at radius 1 is 1.00 bits per heavy atom. The van der Waals surface area contributed by atoms with Crippen molar-refractivity contribution in [3.63, 3.8) is 0 Å². The molecule has 1 saturated carbocycles. The van der Waals surface area contributed by atoms with E-state index in [-0.39, 0.29) is 18.3 Å². The van der Waals surface area contributed by atoms with Crippen LogP contribution in [0.25, 0.3) is 0 Å². The third-order valence-corrected chi connectivity index (χ3v) is 4.63. The molecular formula is C11H19BO3. The maximum absolute atomic E-state index is 6.04. The molecular weight excluding hydrogens is 191 g/mol. The van der Waals surface area contributed by atoms with Crippen molar-refractivity contribution in [1.82, 2.24) is 0 Å². The van der Waals surface area contributed by atoms with Crippen molar-refractivity contribution in [3.05, 3.63) is 0 Å². The molecule has 0 aromatic heterocycles. The molecule has 0 radical (unpaired) electrons. The van der Waals surface area contributed by atoms with Gasteiger partial charge in [0, 0.05) is 11.2 Å². The molecule has 4 heteroatoms. The van der Waals surface area contributed by atoms with E-state index in [1.165, 1.54) is 6.42 Å². The maximum atomic E-state index is 6.04. The van der Waals surface area contributed by atoms with Gasteiger partial charge in [-0.05, 0) is 34.1 Å². The average Bonchev–Trinajstić information content (AvgIpc) is 2.69.